The average Bonchev–Trinajstić information content (AvgIpc) is 3.00. The Hall–Kier alpha value is -1.28. The van der Waals surface area contributed by atoms with Gasteiger partial charge in [0.05, 0.1) is 13.7 Å². The number of hydrogen-bond acceptors (Lipinski definition) is 2. The molecule has 1 aromatic rings. The zero-order valence-corrected chi connectivity index (χ0v) is 8.32. The second-order valence-electron chi connectivity index (χ2n) is 3.50. The molecule has 1 saturated heterocycles. The highest BCUT2D eigenvalue weighted by molar-refractivity contribution is 5.33. The monoisotopic (exact) mass is 190 g/mol. The van der Waals surface area contributed by atoms with Crippen molar-refractivity contribution in [3.05, 3.63) is 42.5 Å². The molecule has 0 bridgehead atoms. The summed E-state index contributed by atoms with van der Waals surface area (Å²) >= 11 is 0. The van der Waals surface area contributed by atoms with Crippen molar-refractivity contribution < 1.29 is 9.47 Å². The van der Waals surface area contributed by atoms with Crippen LogP contribution in [0.5, 0.6) is 5.75 Å². The number of ether oxygens (including phenoxy) is 2. The molecule has 14 heavy (non-hydrogen) atoms. The lowest BCUT2D eigenvalue weighted by Gasteiger charge is -2.09. The molecule has 1 unspecified atom stereocenters. The summed E-state index contributed by atoms with van der Waals surface area (Å²) in [6.07, 6.45) is 2.77. The number of methoxy groups -OCH3 is 1. The average molecular weight is 190 g/mol. The predicted molar refractivity (Wildman–Crippen MR) is 55.4 cm³/mol. The standard InChI is InChI=1S/C12H14O2/c1-3-8-12(9-14-12)10-4-6-11(13-2)7-5-10/h3-7H,1,8-9H2,2H3. The van der Waals surface area contributed by atoms with Crippen molar-refractivity contribution in [1.29, 1.82) is 0 Å². The van der Waals surface area contributed by atoms with E-state index >= 15 is 0 Å². The van der Waals surface area contributed by atoms with Gasteiger partial charge in [-0.3, -0.25) is 0 Å². The zero-order valence-electron chi connectivity index (χ0n) is 8.32. The highest BCUT2D eigenvalue weighted by Crippen LogP contribution is 2.42. The highest BCUT2D eigenvalue weighted by atomic mass is 16.6. The first-order valence-corrected chi connectivity index (χ1v) is 4.70. The molecule has 1 heterocycles. The van der Waals surface area contributed by atoms with Crippen LogP contribution in [-0.4, -0.2) is 13.7 Å². The van der Waals surface area contributed by atoms with Crippen LogP contribution in [0.3, 0.4) is 0 Å². The minimum Gasteiger partial charge on any atom is -0.497 e. The lowest BCUT2D eigenvalue weighted by molar-refractivity contribution is 0.310. The van der Waals surface area contributed by atoms with Crippen molar-refractivity contribution in [3.8, 4) is 5.75 Å². The summed E-state index contributed by atoms with van der Waals surface area (Å²) in [5.41, 5.74) is 1.12. The van der Waals surface area contributed by atoms with Gasteiger partial charge in [-0.1, -0.05) is 18.2 Å². The molecule has 1 aromatic carbocycles. The molecule has 74 valence electrons. The smallest absolute Gasteiger partial charge is 0.120 e. The SMILES string of the molecule is C=CCC1(c2ccc(OC)cc2)CO1. The highest BCUT2D eigenvalue weighted by Gasteiger charge is 2.44. The van der Waals surface area contributed by atoms with Gasteiger partial charge < -0.3 is 9.47 Å². The van der Waals surface area contributed by atoms with Crippen molar-refractivity contribution in [3.63, 3.8) is 0 Å². The number of rotatable bonds is 4. The molecule has 0 saturated carbocycles. The van der Waals surface area contributed by atoms with Crippen LogP contribution in [0.4, 0.5) is 0 Å². The molecule has 1 atom stereocenters. The minimum absolute atomic E-state index is 0.0893. The van der Waals surface area contributed by atoms with Crippen LogP contribution in [0.1, 0.15) is 12.0 Å². The lowest BCUT2D eigenvalue weighted by atomic mass is 9.96. The third-order valence-corrected chi connectivity index (χ3v) is 2.58. The summed E-state index contributed by atoms with van der Waals surface area (Å²) in [6, 6.07) is 8.02. The lowest BCUT2D eigenvalue weighted by Crippen LogP contribution is -2.06. The van der Waals surface area contributed by atoms with Gasteiger partial charge in [0.15, 0.2) is 0 Å². The third-order valence-electron chi connectivity index (χ3n) is 2.58. The van der Waals surface area contributed by atoms with Crippen LogP contribution in [0.2, 0.25) is 0 Å². The molecule has 1 aliphatic rings. The van der Waals surface area contributed by atoms with E-state index < -0.39 is 0 Å². The fourth-order valence-electron chi connectivity index (χ4n) is 1.62. The van der Waals surface area contributed by atoms with Gasteiger partial charge in [0.1, 0.15) is 11.4 Å². The Morgan fingerprint density at radius 2 is 2.14 bits per heavy atom. The molecule has 0 radical (unpaired) electrons. The molecule has 1 fully saturated rings. The topological polar surface area (TPSA) is 21.8 Å². The van der Waals surface area contributed by atoms with Crippen LogP contribution in [0.25, 0.3) is 0 Å². The Morgan fingerprint density at radius 1 is 1.50 bits per heavy atom. The molecule has 2 nitrogen and oxygen atoms in total. The fourth-order valence-corrected chi connectivity index (χ4v) is 1.62. The normalized spacial score (nSPS) is 24.4. The second kappa shape index (κ2) is 3.46. The van der Waals surface area contributed by atoms with Gasteiger partial charge in [-0.25, -0.2) is 0 Å². The Morgan fingerprint density at radius 3 is 2.57 bits per heavy atom. The Balaban J connectivity index is 2.20. The molecule has 2 rings (SSSR count). The fraction of sp³-hybridized carbons (Fsp3) is 0.333. The Bertz CT molecular complexity index is 323. The van der Waals surface area contributed by atoms with Gasteiger partial charge >= 0.3 is 0 Å². The minimum atomic E-state index is -0.0893. The molecule has 0 aliphatic carbocycles. The summed E-state index contributed by atoms with van der Waals surface area (Å²) in [5, 5.41) is 0. The van der Waals surface area contributed by atoms with E-state index in [9.17, 15) is 0 Å². The molecule has 0 aromatic heterocycles. The van der Waals surface area contributed by atoms with E-state index in [1.807, 2.05) is 18.2 Å². The second-order valence-corrected chi connectivity index (χ2v) is 3.50. The van der Waals surface area contributed by atoms with E-state index in [1.165, 1.54) is 5.56 Å². The maximum absolute atomic E-state index is 5.48. The van der Waals surface area contributed by atoms with Crippen molar-refractivity contribution in [2.75, 3.05) is 13.7 Å². The molecule has 0 spiro atoms. The molecule has 2 heteroatoms. The van der Waals surface area contributed by atoms with Crippen LogP contribution in [0.15, 0.2) is 36.9 Å². The van der Waals surface area contributed by atoms with Crippen molar-refractivity contribution >= 4 is 0 Å². The van der Waals surface area contributed by atoms with E-state index in [0.29, 0.717) is 0 Å². The van der Waals surface area contributed by atoms with Crippen LogP contribution >= 0.6 is 0 Å². The molecular formula is C12H14O2. The van der Waals surface area contributed by atoms with Crippen molar-refractivity contribution in [1.82, 2.24) is 0 Å². The molecule has 0 amide bonds. The van der Waals surface area contributed by atoms with Crippen LogP contribution in [0, 0.1) is 0 Å². The Labute approximate surface area is 84.2 Å². The summed E-state index contributed by atoms with van der Waals surface area (Å²) in [4.78, 5) is 0. The maximum Gasteiger partial charge on any atom is 0.120 e. The van der Waals surface area contributed by atoms with E-state index in [0.717, 1.165) is 18.8 Å². The van der Waals surface area contributed by atoms with E-state index in [-0.39, 0.29) is 5.60 Å². The van der Waals surface area contributed by atoms with Gasteiger partial charge in [0.25, 0.3) is 0 Å². The molecule has 1 aliphatic heterocycles. The van der Waals surface area contributed by atoms with Crippen LogP contribution in [-0.2, 0) is 10.3 Å². The number of benzene rings is 1. The summed E-state index contributed by atoms with van der Waals surface area (Å²) in [7, 11) is 1.67. The van der Waals surface area contributed by atoms with Gasteiger partial charge in [-0.05, 0) is 17.7 Å². The number of hydrogen-bond donors (Lipinski definition) is 0. The zero-order chi connectivity index (χ0) is 10.0. The van der Waals surface area contributed by atoms with Crippen molar-refractivity contribution in [2.24, 2.45) is 0 Å². The van der Waals surface area contributed by atoms with Crippen LogP contribution < -0.4 is 4.74 Å². The van der Waals surface area contributed by atoms with E-state index in [2.05, 4.69) is 18.7 Å². The van der Waals surface area contributed by atoms with Crippen molar-refractivity contribution in [2.45, 2.75) is 12.0 Å². The third kappa shape index (κ3) is 1.53. The van der Waals surface area contributed by atoms with Gasteiger partial charge in [0, 0.05) is 6.42 Å². The predicted octanol–water partition coefficient (Wildman–Crippen LogP) is 2.50. The van der Waals surface area contributed by atoms with Gasteiger partial charge in [-0.2, -0.15) is 0 Å². The summed E-state index contributed by atoms with van der Waals surface area (Å²) in [6.45, 7) is 4.54. The van der Waals surface area contributed by atoms with E-state index in [4.69, 9.17) is 9.47 Å². The quantitative estimate of drug-likeness (QED) is 0.537. The Kier molecular flexibility index (Phi) is 2.30. The van der Waals surface area contributed by atoms with Gasteiger partial charge in [-0.15, -0.1) is 6.58 Å². The summed E-state index contributed by atoms with van der Waals surface area (Å²) < 4.78 is 10.6. The number of epoxide rings is 1. The molecule has 0 N–H and O–H groups in total. The first-order chi connectivity index (χ1) is 6.80. The molecular weight excluding hydrogens is 176 g/mol. The van der Waals surface area contributed by atoms with Gasteiger partial charge in [0.2, 0.25) is 0 Å². The maximum atomic E-state index is 5.48. The first-order valence-electron chi connectivity index (χ1n) is 4.70. The van der Waals surface area contributed by atoms with E-state index in [1.54, 1.807) is 7.11 Å². The summed E-state index contributed by atoms with van der Waals surface area (Å²) in [5.74, 6) is 0.878. The largest absolute Gasteiger partial charge is 0.497 e. The first kappa shape index (κ1) is 9.28.